The van der Waals surface area contributed by atoms with E-state index in [0.717, 1.165) is 10.5 Å². The normalized spacial score (nSPS) is 19.2. The third-order valence-electron chi connectivity index (χ3n) is 4.49. The average Bonchev–Trinajstić information content (AvgIpc) is 2.56. The fraction of sp³-hybridized carbons (Fsp3) is 0.421. The van der Waals surface area contributed by atoms with Gasteiger partial charge in [-0.15, -0.1) is 6.58 Å². The minimum absolute atomic E-state index is 0.203. The van der Waals surface area contributed by atoms with E-state index in [4.69, 9.17) is 4.74 Å². The molecule has 134 valence electrons. The second kappa shape index (κ2) is 7.96. The number of allylic oxidation sites excluding steroid dienone is 1. The highest BCUT2D eigenvalue weighted by molar-refractivity contribution is 6.15. The van der Waals surface area contributed by atoms with Crippen LogP contribution in [0.25, 0.3) is 0 Å². The molecule has 0 saturated heterocycles. The number of benzene rings is 1. The maximum Gasteiger partial charge on any atom is 0.418 e. The molecule has 1 N–H and O–H groups in total. The molecule has 25 heavy (non-hydrogen) atoms. The molecule has 0 saturated carbocycles. The zero-order chi connectivity index (χ0) is 18.4. The maximum atomic E-state index is 13.0. The van der Waals surface area contributed by atoms with Gasteiger partial charge in [-0.2, -0.15) is 0 Å². The molecule has 1 aliphatic heterocycles. The highest BCUT2D eigenvalue weighted by Crippen LogP contribution is 2.43. The van der Waals surface area contributed by atoms with Crippen LogP contribution in [-0.4, -0.2) is 29.7 Å². The molecule has 0 spiro atoms. The molecule has 2 amide bonds. The largest absolute Gasteiger partial charge is 0.466 e. The minimum Gasteiger partial charge on any atom is -0.466 e. The van der Waals surface area contributed by atoms with Crippen molar-refractivity contribution in [1.82, 2.24) is 0 Å². The third-order valence-corrected chi connectivity index (χ3v) is 4.49. The number of rotatable bonds is 7. The lowest BCUT2D eigenvalue weighted by molar-refractivity contribution is -0.143. The number of para-hydroxylation sites is 1. The number of carboxylic acid groups (broad SMARTS) is 1. The maximum absolute atomic E-state index is 13.0. The summed E-state index contributed by atoms with van der Waals surface area (Å²) in [4.78, 5) is 37.1. The summed E-state index contributed by atoms with van der Waals surface area (Å²) in [6.45, 7) is 5.78. The Morgan fingerprint density at radius 3 is 2.76 bits per heavy atom. The summed E-state index contributed by atoms with van der Waals surface area (Å²) in [6.07, 6.45) is 2.18. The van der Waals surface area contributed by atoms with Crippen LogP contribution in [0.1, 0.15) is 38.2 Å². The van der Waals surface area contributed by atoms with Gasteiger partial charge in [0, 0.05) is 6.42 Å². The summed E-state index contributed by atoms with van der Waals surface area (Å²) in [5, 5.41) is 9.54. The lowest BCUT2D eigenvalue weighted by atomic mass is 9.71. The predicted octanol–water partition coefficient (Wildman–Crippen LogP) is 3.55. The molecular formula is C19H23NO5. The van der Waals surface area contributed by atoms with E-state index >= 15 is 0 Å². The highest BCUT2D eigenvalue weighted by Gasteiger charge is 2.47. The Morgan fingerprint density at radius 1 is 1.40 bits per heavy atom. The van der Waals surface area contributed by atoms with Crippen LogP contribution < -0.4 is 4.90 Å². The quantitative estimate of drug-likeness (QED) is 0.603. The van der Waals surface area contributed by atoms with Gasteiger partial charge in [0.1, 0.15) is 0 Å². The molecule has 1 aromatic rings. The Hall–Kier alpha value is -2.63. The summed E-state index contributed by atoms with van der Waals surface area (Å²) < 4.78 is 4.92. The Labute approximate surface area is 147 Å². The third kappa shape index (κ3) is 3.90. The van der Waals surface area contributed by atoms with Gasteiger partial charge in [-0.1, -0.05) is 24.3 Å². The van der Waals surface area contributed by atoms with Crippen molar-refractivity contribution in [3.8, 4) is 0 Å². The van der Waals surface area contributed by atoms with Gasteiger partial charge in [-0.25, -0.2) is 9.69 Å². The molecule has 6 nitrogen and oxygen atoms in total. The smallest absolute Gasteiger partial charge is 0.418 e. The summed E-state index contributed by atoms with van der Waals surface area (Å²) in [5.41, 5.74) is 0.314. The Bertz CT molecular complexity index is 684. The van der Waals surface area contributed by atoms with E-state index in [1.165, 1.54) is 0 Å². The predicted molar refractivity (Wildman–Crippen MR) is 93.4 cm³/mol. The number of hydrogen-bond donors (Lipinski definition) is 1. The average molecular weight is 345 g/mol. The number of amides is 2. The van der Waals surface area contributed by atoms with Gasteiger partial charge in [0.25, 0.3) is 0 Å². The van der Waals surface area contributed by atoms with E-state index < -0.39 is 17.4 Å². The van der Waals surface area contributed by atoms with Crippen molar-refractivity contribution < 1.29 is 24.2 Å². The Morgan fingerprint density at radius 2 is 2.12 bits per heavy atom. The lowest BCUT2D eigenvalue weighted by Crippen LogP contribution is -2.51. The first-order valence-electron chi connectivity index (χ1n) is 8.37. The first-order valence-corrected chi connectivity index (χ1v) is 8.37. The van der Waals surface area contributed by atoms with Gasteiger partial charge in [0.15, 0.2) is 0 Å². The van der Waals surface area contributed by atoms with Crippen molar-refractivity contribution in [2.45, 2.75) is 39.0 Å². The standard InChI is InChI=1S/C19H23NO5/c1-3-11-19(12-7-10-16(21)25-4-2)13-14-8-5-6-9-15(14)20(17(19)22)18(23)24/h3,5-6,8-9H,1,4,7,10-13H2,2H3,(H,23,24)/t19-/m1/s1. The van der Waals surface area contributed by atoms with Crippen LogP contribution in [0, 0.1) is 5.41 Å². The monoisotopic (exact) mass is 345 g/mol. The fourth-order valence-corrected chi connectivity index (χ4v) is 3.39. The SMILES string of the molecule is C=CC[C@@]1(CCCC(=O)OCC)Cc2ccccc2N(C(=O)O)C1=O. The van der Waals surface area contributed by atoms with Crippen LogP contribution >= 0.6 is 0 Å². The zero-order valence-electron chi connectivity index (χ0n) is 14.4. The molecular weight excluding hydrogens is 322 g/mol. The Kier molecular flexibility index (Phi) is 5.96. The summed E-state index contributed by atoms with van der Waals surface area (Å²) in [5.74, 6) is -0.766. The second-order valence-electron chi connectivity index (χ2n) is 6.16. The molecule has 0 bridgehead atoms. The van der Waals surface area contributed by atoms with Gasteiger partial charge in [0.05, 0.1) is 17.7 Å². The van der Waals surface area contributed by atoms with Crippen molar-refractivity contribution in [2.24, 2.45) is 5.41 Å². The van der Waals surface area contributed by atoms with Crippen LogP contribution in [0.15, 0.2) is 36.9 Å². The van der Waals surface area contributed by atoms with E-state index in [9.17, 15) is 19.5 Å². The lowest BCUT2D eigenvalue weighted by Gasteiger charge is -2.40. The van der Waals surface area contributed by atoms with Crippen LogP contribution in [-0.2, 0) is 20.7 Å². The van der Waals surface area contributed by atoms with E-state index in [0.29, 0.717) is 38.0 Å². The van der Waals surface area contributed by atoms with Crippen molar-refractivity contribution in [2.75, 3.05) is 11.5 Å². The fourth-order valence-electron chi connectivity index (χ4n) is 3.39. The molecule has 1 aliphatic rings. The van der Waals surface area contributed by atoms with Crippen LogP contribution in [0.2, 0.25) is 0 Å². The minimum atomic E-state index is -1.30. The zero-order valence-corrected chi connectivity index (χ0v) is 14.4. The van der Waals surface area contributed by atoms with Gasteiger partial charge in [-0.3, -0.25) is 9.59 Å². The van der Waals surface area contributed by atoms with E-state index in [-0.39, 0.29) is 12.4 Å². The number of anilines is 1. The van der Waals surface area contributed by atoms with Crippen LogP contribution in [0.4, 0.5) is 10.5 Å². The van der Waals surface area contributed by atoms with Gasteiger partial charge in [0.2, 0.25) is 5.91 Å². The first kappa shape index (κ1) is 18.7. The number of esters is 1. The molecule has 1 atom stereocenters. The molecule has 0 aromatic heterocycles. The molecule has 2 rings (SSSR count). The number of hydrogen-bond acceptors (Lipinski definition) is 4. The van der Waals surface area contributed by atoms with Gasteiger partial charge < -0.3 is 9.84 Å². The molecule has 0 radical (unpaired) electrons. The second-order valence-corrected chi connectivity index (χ2v) is 6.16. The summed E-state index contributed by atoms with van der Waals surface area (Å²) >= 11 is 0. The number of ether oxygens (including phenoxy) is 1. The number of nitrogens with zero attached hydrogens (tertiary/aromatic N) is 1. The van der Waals surface area contributed by atoms with E-state index in [2.05, 4.69) is 6.58 Å². The van der Waals surface area contributed by atoms with Crippen LogP contribution in [0.5, 0.6) is 0 Å². The van der Waals surface area contributed by atoms with Gasteiger partial charge in [-0.05, 0) is 44.2 Å². The van der Waals surface area contributed by atoms with E-state index in [1.54, 1.807) is 25.1 Å². The molecule has 0 unspecified atom stereocenters. The van der Waals surface area contributed by atoms with Gasteiger partial charge >= 0.3 is 12.1 Å². The van der Waals surface area contributed by atoms with Crippen molar-refractivity contribution in [3.05, 3.63) is 42.5 Å². The van der Waals surface area contributed by atoms with Crippen molar-refractivity contribution in [1.29, 1.82) is 0 Å². The van der Waals surface area contributed by atoms with Crippen molar-refractivity contribution >= 4 is 23.7 Å². The molecule has 1 heterocycles. The number of fused-ring (bicyclic) bond motifs is 1. The first-order chi connectivity index (χ1) is 11.9. The molecule has 0 aliphatic carbocycles. The number of carbonyl (C=O) groups is 3. The van der Waals surface area contributed by atoms with Crippen molar-refractivity contribution in [3.63, 3.8) is 0 Å². The molecule has 0 fully saturated rings. The van der Waals surface area contributed by atoms with Crippen LogP contribution in [0.3, 0.4) is 0 Å². The molecule has 1 aromatic carbocycles. The number of carbonyl (C=O) groups excluding carboxylic acids is 2. The Balaban J connectivity index is 2.30. The number of imide groups is 1. The highest BCUT2D eigenvalue weighted by atomic mass is 16.5. The summed E-state index contributed by atoms with van der Waals surface area (Å²) in [6, 6.07) is 7.01. The summed E-state index contributed by atoms with van der Waals surface area (Å²) in [7, 11) is 0. The molecule has 6 heteroatoms. The van der Waals surface area contributed by atoms with E-state index in [1.807, 2.05) is 12.1 Å². The topological polar surface area (TPSA) is 83.9 Å².